The normalized spacial score (nSPS) is 14.6. The molecule has 42 heavy (non-hydrogen) atoms. The molecule has 3 heterocycles. The van der Waals surface area contributed by atoms with Gasteiger partial charge in [-0.15, -0.1) is 0 Å². The third kappa shape index (κ3) is 4.92. The Labute approximate surface area is 244 Å². The van der Waals surface area contributed by atoms with Gasteiger partial charge in [-0.05, 0) is 43.0 Å². The number of aromatic amines is 1. The van der Waals surface area contributed by atoms with Gasteiger partial charge in [-0.2, -0.15) is 9.40 Å². The number of aryl methyl sites for hydroxylation is 2. The molecule has 2 aromatic heterocycles. The van der Waals surface area contributed by atoms with E-state index in [1.807, 2.05) is 32.0 Å². The summed E-state index contributed by atoms with van der Waals surface area (Å²) in [5, 5.41) is 6.80. The maximum Gasteiger partial charge on any atom is 0.277 e. The average Bonchev–Trinajstić information content (AvgIpc) is 3.32. The van der Waals surface area contributed by atoms with Crippen LogP contribution >= 0.6 is 0 Å². The molecule has 1 aliphatic rings. The van der Waals surface area contributed by atoms with Crippen LogP contribution in [0.2, 0.25) is 0 Å². The summed E-state index contributed by atoms with van der Waals surface area (Å²) < 4.78 is 36.7. The lowest BCUT2D eigenvalue weighted by atomic mass is 10.1. The first-order valence-corrected chi connectivity index (χ1v) is 15.7. The first kappa shape index (κ1) is 27.9. The van der Waals surface area contributed by atoms with Crippen LogP contribution in [0, 0.1) is 0 Å². The third-order valence-electron chi connectivity index (χ3n) is 7.74. The second kappa shape index (κ2) is 11.2. The second-order valence-corrected chi connectivity index (χ2v) is 12.4. The van der Waals surface area contributed by atoms with Crippen molar-refractivity contribution < 1.29 is 13.2 Å². The number of hydrogen-bond donors (Lipinski definition) is 1. The minimum atomic E-state index is -3.82. The predicted octanol–water partition coefficient (Wildman–Crippen LogP) is 4.34. The van der Waals surface area contributed by atoms with E-state index in [1.165, 1.54) is 8.99 Å². The fraction of sp³-hybridized carbons (Fsp3) is 0.323. The summed E-state index contributed by atoms with van der Waals surface area (Å²) in [5.41, 5.74) is 2.81. The zero-order chi connectivity index (χ0) is 29.4. The number of benzene rings is 3. The first-order valence-electron chi connectivity index (χ1n) is 14.3. The Morgan fingerprint density at radius 2 is 1.74 bits per heavy atom. The highest BCUT2D eigenvalue weighted by molar-refractivity contribution is 7.89. The molecule has 1 aliphatic heterocycles. The maximum absolute atomic E-state index is 13.9. The third-order valence-corrected chi connectivity index (χ3v) is 9.63. The zero-order valence-electron chi connectivity index (χ0n) is 24.0. The molecule has 1 N–H and O–H groups in total. The van der Waals surface area contributed by atoms with E-state index in [4.69, 9.17) is 9.72 Å². The number of nitrogens with zero attached hydrogens (tertiary/aromatic N) is 5. The maximum atomic E-state index is 13.9. The van der Waals surface area contributed by atoms with Crippen LogP contribution in [0.15, 0.2) is 70.4 Å². The molecular formula is C31H34N6O4S. The molecule has 1 saturated heterocycles. The van der Waals surface area contributed by atoms with Crippen LogP contribution < -0.4 is 15.2 Å². The number of hydrogen-bond acceptors (Lipinski definition) is 7. The van der Waals surface area contributed by atoms with Crippen LogP contribution in [-0.2, 0) is 23.5 Å². The van der Waals surface area contributed by atoms with Gasteiger partial charge in [0.25, 0.3) is 5.56 Å². The van der Waals surface area contributed by atoms with Crippen LogP contribution in [0.3, 0.4) is 0 Å². The minimum absolute atomic E-state index is 0.127. The first-order chi connectivity index (χ1) is 20.3. The van der Waals surface area contributed by atoms with Gasteiger partial charge < -0.3 is 14.6 Å². The van der Waals surface area contributed by atoms with Crippen molar-refractivity contribution in [2.45, 2.75) is 31.6 Å². The summed E-state index contributed by atoms with van der Waals surface area (Å²) in [6, 6.07) is 19.2. The molecule has 6 rings (SSSR count). The number of nitrogens with one attached hydrogen (secondary N) is 1. The molecule has 3 aromatic carbocycles. The Hall–Kier alpha value is -4.22. The number of ether oxygens (including phenoxy) is 1. The number of aromatic nitrogens is 4. The highest BCUT2D eigenvalue weighted by atomic mass is 32.2. The smallest absolute Gasteiger partial charge is 0.277 e. The van der Waals surface area contributed by atoms with Crippen LogP contribution in [0.5, 0.6) is 5.75 Å². The molecule has 10 nitrogen and oxygen atoms in total. The number of fused-ring (bicyclic) bond motifs is 2. The lowest BCUT2D eigenvalue weighted by Crippen LogP contribution is -2.48. The Morgan fingerprint density at radius 1 is 0.976 bits per heavy atom. The number of anilines is 1. The number of sulfonamides is 1. The molecule has 0 saturated carbocycles. The molecule has 0 spiro atoms. The van der Waals surface area contributed by atoms with Gasteiger partial charge in [-0.1, -0.05) is 49.7 Å². The zero-order valence-corrected chi connectivity index (χ0v) is 24.8. The summed E-state index contributed by atoms with van der Waals surface area (Å²) >= 11 is 0. The van der Waals surface area contributed by atoms with Gasteiger partial charge in [0, 0.05) is 44.3 Å². The summed E-state index contributed by atoms with van der Waals surface area (Å²) in [5.74, 6) is 0.694. The molecule has 0 aliphatic carbocycles. The Morgan fingerprint density at radius 3 is 2.50 bits per heavy atom. The Bertz CT molecular complexity index is 1940. The van der Waals surface area contributed by atoms with E-state index in [-0.39, 0.29) is 16.3 Å². The lowest BCUT2D eigenvalue weighted by Gasteiger charge is -2.36. The van der Waals surface area contributed by atoms with E-state index < -0.39 is 10.0 Å². The van der Waals surface area contributed by atoms with E-state index in [0.29, 0.717) is 61.6 Å². The topological polar surface area (TPSA) is 113 Å². The summed E-state index contributed by atoms with van der Waals surface area (Å²) in [6.07, 6.45) is 1.52. The van der Waals surface area contributed by atoms with Crippen LogP contribution in [0.4, 0.5) is 5.69 Å². The lowest BCUT2D eigenvalue weighted by molar-refractivity contribution is 0.341. The second-order valence-electron chi connectivity index (χ2n) is 10.4. The van der Waals surface area contributed by atoms with Gasteiger partial charge in [-0.3, -0.25) is 9.48 Å². The molecule has 0 atom stereocenters. The Kier molecular flexibility index (Phi) is 7.46. The average molecular weight is 587 g/mol. The van der Waals surface area contributed by atoms with Crippen molar-refractivity contribution in [2.24, 2.45) is 7.05 Å². The van der Waals surface area contributed by atoms with Gasteiger partial charge >= 0.3 is 0 Å². The molecule has 0 bridgehead atoms. The van der Waals surface area contributed by atoms with Crippen molar-refractivity contribution in [3.8, 4) is 17.1 Å². The highest BCUT2D eigenvalue weighted by Crippen LogP contribution is 2.33. The number of piperazine rings is 1. The van der Waals surface area contributed by atoms with Crippen LogP contribution in [0.1, 0.15) is 26.0 Å². The molecule has 0 unspecified atom stereocenters. The van der Waals surface area contributed by atoms with Crippen molar-refractivity contribution in [2.75, 3.05) is 37.7 Å². The van der Waals surface area contributed by atoms with Gasteiger partial charge in [0.1, 0.15) is 17.1 Å². The van der Waals surface area contributed by atoms with Crippen LogP contribution in [-0.4, -0.2) is 65.3 Å². The summed E-state index contributed by atoms with van der Waals surface area (Å²) in [6.45, 7) is 6.11. The number of rotatable bonds is 8. The fourth-order valence-electron chi connectivity index (χ4n) is 5.72. The summed E-state index contributed by atoms with van der Waals surface area (Å²) in [4.78, 5) is 23.1. The van der Waals surface area contributed by atoms with E-state index >= 15 is 0 Å². The number of H-pyrrole nitrogens is 1. The molecule has 0 amide bonds. The van der Waals surface area contributed by atoms with Crippen molar-refractivity contribution in [1.82, 2.24) is 24.1 Å². The monoisotopic (exact) mass is 586 g/mol. The SMILES string of the molecule is CCCc1nn(C)c2c(=O)[nH]c(-c3cc(S(=O)(=O)N4CCN(c5cccc6ccccc56)CC4)ccc3OCC)nc12. The molecular weight excluding hydrogens is 552 g/mol. The Balaban J connectivity index is 1.33. The van der Waals surface area contributed by atoms with Gasteiger partial charge in [0.15, 0.2) is 5.52 Å². The highest BCUT2D eigenvalue weighted by Gasteiger charge is 2.30. The van der Waals surface area contributed by atoms with E-state index in [1.54, 1.807) is 25.2 Å². The molecule has 11 heteroatoms. The van der Waals surface area contributed by atoms with Crippen molar-refractivity contribution in [1.29, 1.82) is 0 Å². The van der Waals surface area contributed by atoms with E-state index in [0.717, 1.165) is 28.6 Å². The molecule has 1 fully saturated rings. The molecule has 0 radical (unpaired) electrons. The van der Waals surface area contributed by atoms with E-state index in [2.05, 4.69) is 39.2 Å². The van der Waals surface area contributed by atoms with Crippen LogP contribution in [0.25, 0.3) is 33.2 Å². The van der Waals surface area contributed by atoms with Gasteiger partial charge in [-0.25, -0.2) is 13.4 Å². The van der Waals surface area contributed by atoms with Gasteiger partial charge in [0.2, 0.25) is 10.0 Å². The van der Waals surface area contributed by atoms with Crippen molar-refractivity contribution in [3.05, 3.63) is 76.7 Å². The van der Waals surface area contributed by atoms with Gasteiger partial charge in [0.05, 0.1) is 22.8 Å². The van der Waals surface area contributed by atoms with Crippen molar-refractivity contribution in [3.63, 3.8) is 0 Å². The van der Waals surface area contributed by atoms with Crippen molar-refractivity contribution >= 4 is 37.5 Å². The summed E-state index contributed by atoms with van der Waals surface area (Å²) in [7, 11) is -2.10. The minimum Gasteiger partial charge on any atom is -0.493 e. The predicted molar refractivity (Wildman–Crippen MR) is 165 cm³/mol. The molecule has 218 valence electrons. The standard InChI is InChI=1S/C31H34N6O4S/c1-4-9-25-28-29(35(3)34-25)31(38)33-30(32-28)24-20-22(14-15-27(24)41-5-2)42(39,40)37-18-16-36(17-19-37)26-13-8-11-21-10-6-7-12-23(21)26/h6-8,10-15,20H,4-5,9,16-19H2,1-3H3,(H,32,33,38). The largest absolute Gasteiger partial charge is 0.493 e. The van der Waals surface area contributed by atoms with E-state index in [9.17, 15) is 13.2 Å². The fourth-order valence-corrected chi connectivity index (χ4v) is 7.17. The quantitative estimate of drug-likeness (QED) is 0.288. The molecule has 5 aromatic rings.